The molecule has 0 radical (unpaired) electrons. The maximum Gasteiger partial charge on any atom is 0.0124 e. The average Bonchev–Trinajstić information content (AvgIpc) is 2.32. The minimum atomic E-state index is 0.314. The van der Waals surface area contributed by atoms with Crippen molar-refractivity contribution in [3.05, 3.63) is 0 Å². The van der Waals surface area contributed by atoms with Crippen LogP contribution < -0.4 is 10.6 Å². The molecular weight excluding hydrogens is 160 g/mol. The lowest BCUT2D eigenvalue weighted by molar-refractivity contribution is 0.296. The van der Waals surface area contributed by atoms with Crippen LogP contribution in [-0.4, -0.2) is 25.7 Å². The van der Waals surface area contributed by atoms with E-state index in [1.165, 1.54) is 38.8 Å². The number of nitrogens with one attached hydrogen (secondary N) is 2. The average molecular weight is 184 g/mol. The summed E-state index contributed by atoms with van der Waals surface area (Å²) in [5, 5.41) is 6.85. The first kappa shape index (κ1) is 11.0. The molecule has 0 aromatic heterocycles. The molecule has 2 N–H and O–H groups in total. The maximum atomic E-state index is 3.46. The highest BCUT2D eigenvalue weighted by molar-refractivity contribution is 4.80. The van der Waals surface area contributed by atoms with E-state index in [-0.39, 0.29) is 0 Å². The Kier molecular flexibility index (Phi) is 4.20. The van der Waals surface area contributed by atoms with Gasteiger partial charge in [-0.05, 0) is 65.6 Å². The summed E-state index contributed by atoms with van der Waals surface area (Å²) in [5.74, 6) is 0.914. The standard InChI is InChI=1S/C11H24N2/c1-11(2,12-3)9-10-5-4-7-13-8-6-10/h10,12-13H,4-9H2,1-3H3. The molecule has 13 heavy (non-hydrogen) atoms. The van der Waals surface area contributed by atoms with Crippen LogP contribution >= 0.6 is 0 Å². The molecule has 0 aromatic carbocycles. The smallest absolute Gasteiger partial charge is 0.0124 e. The zero-order valence-corrected chi connectivity index (χ0v) is 9.32. The van der Waals surface area contributed by atoms with Gasteiger partial charge in [0, 0.05) is 5.54 Å². The summed E-state index contributed by atoms with van der Waals surface area (Å²) in [5.41, 5.74) is 0.314. The molecule has 1 fully saturated rings. The molecule has 0 amide bonds. The van der Waals surface area contributed by atoms with Gasteiger partial charge in [-0.1, -0.05) is 0 Å². The molecule has 78 valence electrons. The summed E-state index contributed by atoms with van der Waals surface area (Å²) in [4.78, 5) is 0. The molecular formula is C11H24N2. The van der Waals surface area contributed by atoms with Gasteiger partial charge in [-0.3, -0.25) is 0 Å². The van der Waals surface area contributed by atoms with Crippen LogP contribution in [0.1, 0.15) is 39.5 Å². The number of hydrogen-bond donors (Lipinski definition) is 2. The molecule has 1 rings (SSSR count). The van der Waals surface area contributed by atoms with Crippen molar-refractivity contribution in [2.24, 2.45) is 5.92 Å². The summed E-state index contributed by atoms with van der Waals surface area (Å²) in [6.07, 6.45) is 5.42. The lowest BCUT2D eigenvalue weighted by atomic mass is 9.86. The zero-order valence-electron chi connectivity index (χ0n) is 9.32. The molecule has 1 aliphatic rings. The molecule has 0 spiro atoms. The van der Waals surface area contributed by atoms with Gasteiger partial charge in [0.1, 0.15) is 0 Å². The van der Waals surface area contributed by atoms with Gasteiger partial charge >= 0.3 is 0 Å². The summed E-state index contributed by atoms with van der Waals surface area (Å²) >= 11 is 0. The summed E-state index contributed by atoms with van der Waals surface area (Å²) < 4.78 is 0. The van der Waals surface area contributed by atoms with Crippen molar-refractivity contribution in [3.8, 4) is 0 Å². The molecule has 2 heteroatoms. The highest BCUT2D eigenvalue weighted by Crippen LogP contribution is 2.23. The molecule has 1 unspecified atom stereocenters. The van der Waals surface area contributed by atoms with Crippen LogP contribution in [-0.2, 0) is 0 Å². The molecule has 0 aliphatic carbocycles. The fourth-order valence-electron chi connectivity index (χ4n) is 2.12. The topological polar surface area (TPSA) is 24.1 Å². The van der Waals surface area contributed by atoms with Gasteiger partial charge in [-0.2, -0.15) is 0 Å². The third kappa shape index (κ3) is 4.10. The SMILES string of the molecule is CNC(C)(C)CC1CCCNCC1. The second-order valence-corrected chi connectivity index (χ2v) is 4.88. The highest BCUT2D eigenvalue weighted by atomic mass is 14.9. The van der Waals surface area contributed by atoms with Crippen molar-refractivity contribution in [1.82, 2.24) is 10.6 Å². The lowest BCUT2D eigenvalue weighted by Crippen LogP contribution is -2.38. The minimum absolute atomic E-state index is 0.314. The minimum Gasteiger partial charge on any atom is -0.317 e. The van der Waals surface area contributed by atoms with Gasteiger partial charge in [0.05, 0.1) is 0 Å². The van der Waals surface area contributed by atoms with E-state index >= 15 is 0 Å². The number of hydrogen-bond acceptors (Lipinski definition) is 2. The Hall–Kier alpha value is -0.0800. The normalized spacial score (nSPS) is 25.6. The third-order valence-electron chi connectivity index (χ3n) is 3.17. The first-order valence-corrected chi connectivity index (χ1v) is 5.54. The highest BCUT2D eigenvalue weighted by Gasteiger charge is 2.21. The molecule has 0 bridgehead atoms. The monoisotopic (exact) mass is 184 g/mol. The van der Waals surface area contributed by atoms with Crippen LogP contribution in [0.25, 0.3) is 0 Å². The van der Waals surface area contributed by atoms with E-state index in [0.717, 1.165) is 5.92 Å². The van der Waals surface area contributed by atoms with E-state index < -0.39 is 0 Å². The maximum absolute atomic E-state index is 3.46. The van der Waals surface area contributed by atoms with E-state index in [4.69, 9.17) is 0 Å². The number of rotatable bonds is 3. The first-order chi connectivity index (χ1) is 6.14. The summed E-state index contributed by atoms with van der Waals surface area (Å²) in [7, 11) is 2.06. The van der Waals surface area contributed by atoms with Gasteiger partial charge in [-0.25, -0.2) is 0 Å². The van der Waals surface area contributed by atoms with Crippen LogP contribution in [0.4, 0.5) is 0 Å². The van der Waals surface area contributed by atoms with Gasteiger partial charge in [0.2, 0.25) is 0 Å². The van der Waals surface area contributed by atoms with Gasteiger partial charge < -0.3 is 10.6 Å². The Morgan fingerprint density at radius 3 is 2.77 bits per heavy atom. The fraction of sp³-hybridized carbons (Fsp3) is 1.00. The Labute approximate surface area is 82.5 Å². The molecule has 1 aliphatic heterocycles. The second kappa shape index (κ2) is 4.97. The van der Waals surface area contributed by atoms with Crippen LogP contribution in [0.5, 0.6) is 0 Å². The largest absolute Gasteiger partial charge is 0.317 e. The first-order valence-electron chi connectivity index (χ1n) is 5.54. The summed E-state index contributed by atoms with van der Waals surface area (Å²) in [6.45, 7) is 7.03. The van der Waals surface area contributed by atoms with Crippen molar-refractivity contribution in [1.29, 1.82) is 0 Å². The zero-order chi connectivity index (χ0) is 9.73. The van der Waals surface area contributed by atoms with Gasteiger partial charge in [0.25, 0.3) is 0 Å². The second-order valence-electron chi connectivity index (χ2n) is 4.88. The van der Waals surface area contributed by atoms with Gasteiger partial charge in [-0.15, -0.1) is 0 Å². The third-order valence-corrected chi connectivity index (χ3v) is 3.17. The van der Waals surface area contributed by atoms with Crippen LogP contribution in [0.2, 0.25) is 0 Å². The lowest BCUT2D eigenvalue weighted by Gasteiger charge is -2.28. The van der Waals surface area contributed by atoms with Crippen molar-refractivity contribution in [2.75, 3.05) is 20.1 Å². The van der Waals surface area contributed by atoms with E-state index in [9.17, 15) is 0 Å². The molecule has 0 saturated carbocycles. The molecule has 2 nitrogen and oxygen atoms in total. The molecule has 0 aromatic rings. The Bertz CT molecular complexity index is 135. The van der Waals surface area contributed by atoms with Crippen LogP contribution in [0.3, 0.4) is 0 Å². The van der Waals surface area contributed by atoms with E-state index in [0.29, 0.717) is 5.54 Å². The van der Waals surface area contributed by atoms with Crippen LogP contribution in [0, 0.1) is 5.92 Å². The fourth-order valence-corrected chi connectivity index (χ4v) is 2.12. The molecule has 1 saturated heterocycles. The van der Waals surface area contributed by atoms with Crippen molar-refractivity contribution in [3.63, 3.8) is 0 Å². The Morgan fingerprint density at radius 2 is 2.08 bits per heavy atom. The van der Waals surface area contributed by atoms with Crippen molar-refractivity contribution in [2.45, 2.75) is 45.1 Å². The van der Waals surface area contributed by atoms with Crippen LogP contribution in [0.15, 0.2) is 0 Å². The van der Waals surface area contributed by atoms with Gasteiger partial charge in [0.15, 0.2) is 0 Å². The Morgan fingerprint density at radius 1 is 1.31 bits per heavy atom. The van der Waals surface area contributed by atoms with Crippen molar-refractivity contribution >= 4 is 0 Å². The van der Waals surface area contributed by atoms with E-state index in [1.54, 1.807) is 0 Å². The van der Waals surface area contributed by atoms with E-state index in [1.807, 2.05) is 0 Å². The molecule has 1 heterocycles. The van der Waals surface area contributed by atoms with E-state index in [2.05, 4.69) is 31.5 Å². The quantitative estimate of drug-likeness (QED) is 0.698. The summed E-state index contributed by atoms with van der Waals surface area (Å²) in [6, 6.07) is 0. The van der Waals surface area contributed by atoms with Crippen molar-refractivity contribution < 1.29 is 0 Å². The predicted molar refractivity (Wildman–Crippen MR) is 58.0 cm³/mol. The predicted octanol–water partition coefficient (Wildman–Crippen LogP) is 1.76. The molecule has 1 atom stereocenters. The Balaban J connectivity index is 2.33.